The van der Waals surface area contributed by atoms with Gasteiger partial charge < -0.3 is 4.74 Å². The Morgan fingerprint density at radius 2 is 1.76 bits per heavy atom. The van der Waals surface area contributed by atoms with Gasteiger partial charge in [0.1, 0.15) is 17.3 Å². The quantitative estimate of drug-likeness (QED) is 0.345. The number of rotatable bonds is 11. The molecule has 0 saturated heterocycles. The molecule has 0 amide bonds. The van der Waals surface area contributed by atoms with Crippen molar-refractivity contribution in [1.29, 1.82) is 0 Å². The maximum absolute atomic E-state index is 13.3. The van der Waals surface area contributed by atoms with Gasteiger partial charge in [-0.05, 0) is 79.3 Å². The molecule has 0 aromatic heterocycles. The summed E-state index contributed by atoms with van der Waals surface area (Å²) >= 11 is 0. The summed E-state index contributed by atoms with van der Waals surface area (Å²) in [5, 5.41) is 0. The van der Waals surface area contributed by atoms with E-state index in [2.05, 4.69) is 13.0 Å². The topological polar surface area (TPSA) is 60.4 Å². The standard InChI is InChI=1S/C30H38O4/c1-6-8-23(25(7-2)28(32)15-20(4)31)16-21-17-27-26(22-10-12-24(34-5)13-11-22)14-9-19(3)30(27)29(33)18-21/h9-14,21,23,25H,6-8,15-18H2,1-5H3. The first-order chi connectivity index (χ1) is 16.3. The van der Waals surface area contributed by atoms with E-state index < -0.39 is 0 Å². The van der Waals surface area contributed by atoms with Crippen molar-refractivity contribution in [2.45, 2.75) is 72.6 Å². The molecular formula is C30H38O4. The maximum Gasteiger partial charge on any atom is 0.163 e. The van der Waals surface area contributed by atoms with Gasteiger partial charge in [0.15, 0.2) is 5.78 Å². The third-order valence-electron chi connectivity index (χ3n) is 7.31. The lowest BCUT2D eigenvalue weighted by Crippen LogP contribution is -2.30. The van der Waals surface area contributed by atoms with Crippen LogP contribution in [-0.2, 0) is 16.0 Å². The zero-order valence-corrected chi connectivity index (χ0v) is 21.3. The summed E-state index contributed by atoms with van der Waals surface area (Å²) in [7, 11) is 1.66. The number of carbonyl (C=O) groups is 3. The molecule has 4 nitrogen and oxygen atoms in total. The number of benzene rings is 2. The molecule has 0 heterocycles. The van der Waals surface area contributed by atoms with Gasteiger partial charge in [-0.3, -0.25) is 14.4 Å². The fourth-order valence-electron chi connectivity index (χ4n) is 5.78. The third-order valence-corrected chi connectivity index (χ3v) is 7.31. The average molecular weight is 463 g/mol. The molecule has 0 fully saturated rings. The van der Waals surface area contributed by atoms with E-state index in [1.165, 1.54) is 6.92 Å². The number of Topliss-reactive ketones (excluding diaryl/α,β-unsaturated/α-hetero) is 3. The van der Waals surface area contributed by atoms with Crippen molar-refractivity contribution in [3.8, 4) is 16.9 Å². The lowest BCUT2D eigenvalue weighted by Gasteiger charge is -2.32. The molecule has 3 unspecified atom stereocenters. The van der Waals surface area contributed by atoms with Crippen molar-refractivity contribution >= 4 is 17.3 Å². The van der Waals surface area contributed by atoms with Gasteiger partial charge in [0, 0.05) is 17.9 Å². The van der Waals surface area contributed by atoms with Gasteiger partial charge in [-0.15, -0.1) is 0 Å². The first-order valence-electron chi connectivity index (χ1n) is 12.6. The second-order valence-corrected chi connectivity index (χ2v) is 9.85. The monoisotopic (exact) mass is 462 g/mol. The van der Waals surface area contributed by atoms with Crippen LogP contribution in [0.5, 0.6) is 5.75 Å². The summed E-state index contributed by atoms with van der Waals surface area (Å²) in [6.45, 7) is 7.68. The minimum atomic E-state index is -0.112. The Morgan fingerprint density at radius 3 is 2.35 bits per heavy atom. The molecular weight excluding hydrogens is 424 g/mol. The van der Waals surface area contributed by atoms with Crippen LogP contribution < -0.4 is 4.74 Å². The molecule has 34 heavy (non-hydrogen) atoms. The molecule has 1 aliphatic rings. The van der Waals surface area contributed by atoms with Gasteiger partial charge >= 0.3 is 0 Å². The molecule has 0 aliphatic heterocycles. The van der Waals surface area contributed by atoms with Crippen LogP contribution in [0.25, 0.3) is 11.1 Å². The molecule has 0 bridgehead atoms. The minimum absolute atomic E-state index is 0.0198. The fraction of sp³-hybridized carbons (Fsp3) is 0.500. The summed E-state index contributed by atoms with van der Waals surface area (Å²) in [6.07, 6.45) is 4.90. The summed E-state index contributed by atoms with van der Waals surface area (Å²) in [6, 6.07) is 12.2. The highest BCUT2D eigenvalue weighted by Gasteiger charge is 2.33. The maximum atomic E-state index is 13.3. The number of hydrogen-bond donors (Lipinski definition) is 0. The van der Waals surface area contributed by atoms with Crippen molar-refractivity contribution in [2.75, 3.05) is 7.11 Å². The van der Waals surface area contributed by atoms with Crippen LogP contribution in [0.15, 0.2) is 36.4 Å². The van der Waals surface area contributed by atoms with Crippen molar-refractivity contribution in [3.05, 3.63) is 53.1 Å². The Hall–Kier alpha value is -2.75. The van der Waals surface area contributed by atoms with E-state index >= 15 is 0 Å². The largest absolute Gasteiger partial charge is 0.497 e. The third kappa shape index (κ3) is 5.84. The zero-order chi connectivity index (χ0) is 24.8. The van der Waals surface area contributed by atoms with Gasteiger partial charge in [-0.2, -0.15) is 0 Å². The number of carbonyl (C=O) groups excluding carboxylic acids is 3. The van der Waals surface area contributed by atoms with Crippen LogP contribution in [0, 0.1) is 24.7 Å². The van der Waals surface area contributed by atoms with E-state index in [-0.39, 0.29) is 41.5 Å². The van der Waals surface area contributed by atoms with Gasteiger partial charge in [0.2, 0.25) is 0 Å². The summed E-state index contributed by atoms with van der Waals surface area (Å²) < 4.78 is 5.31. The summed E-state index contributed by atoms with van der Waals surface area (Å²) in [4.78, 5) is 37.8. The van der Waals surface area contributed by atoms with Crippen LogP contribution in [-0.4, -0.2) is 24.5 Å². The van der Waals surface area contributed by atoms with E-state index in [9.17, 15) is 14.4 Å². The van der Waals surface area contributed by atoms with Crippen LogP contribution in [0.4, 0.5) is 0 Å². The lowest BCUT2D eigenvalue weighted by molar-refractivity contribution is -0.129. The van der Waals surface area contributed by atoms with E-state index in [0.29, 0.717) is 6.42 Å². The molecule has 182 valence electrons. The molecule has 2 aromatic rings. The number of ether oxygens (including phenoxy) is 1. The molecule has 4 heteroatoms. The molecule has 3 rings (SSSR count). The van der Waals surface area contributed by atoms with Gasteiger partial charge in [-0.1, -0.05) is 51.0 Å². The normalized spacial score (nSPS) is 17.1. The zero-order valence-electron chi connectivity index (χ0n) is 21.3. The predicted molar refractivity (Wildman–Crippen MR) is 136 cm³/mol. The SMILES string of the molecule is CCCC(CC1CC(=O)c2c(C)ccc(-c3ccc(OC)cc3)c2C1)C(CC)C(=O)CC(C)=O. The van der Waals surface area contributed by atoms with Gasteiger partial charge in [0.25, 0.3) is 0 Å². The second kappa shape index (κ2) is 11.6. The molecule has 0 saturated carbocycles. The number of fused-ring (bicyclic) bond motifs is 1. The van der Waals surface area contributed by atoms with E-state index in [4.69, 9.17) is 4.74 Å². The molecule has 1 aliphatic carbocycles. The van der Waals surface area contributed by atoms with Crippen molar-refractivity contribution < 1.29 is 19.1 Å². The minimum Gasteiger partial charge on any atom is -0.497 e. The summed E-state index contributed by atoms with van der Waals surface area (Å²) in [5.74, 6) is 1.30. The van der Waals surface area contributed by atoms with Crippen LogP contribution in [0.1, 0.15) is 80.8 Å². The van der Waals surface area contributed by atoms with E-state index in [1.54, 1.807) is 7.11 Å². The Morgan fingerprint density at radius 1 is 1.06 bits per heavy atom. The molecule has 2 aromatic carbocycles. The molecule has 0 radical (unpaired) electrons. The average Bonchev–Trinajstić information content (AvgIpc) is 2.79. The lowest BCUT2D eigenvalue weighted by atomic mass is 9.71. The number of aryl methyl sites for hydroxylation is 1. The first kappa shape index (κ1) is 25.9. The Labute approximate surface area is 204 Å². The highest BCUT2D eigenvalue weighted by molar-refractivity contribution is 6.02. The fourth-order valence-corrected chi connectivity index (χ4v) is 5.78. The number of methoxy groups -OCH3 is 1. The van der Waals surface area contributed by atoms with Gasteiger partial charge in [-0.25, -0.2) is 0 Å². The van der Waals surface area contributed by atoms with Crippen molar-refractivity contribution in [2.24, 2.45) is 17.8 Å². The molecule has 0 spiro atoms. The van der Waals surface area contributed by atoms with Crippen molar-refractivity contribution in [1.82, 2.24) is 0 Å². The van der Waals surface area contributed by atoms with Crippen LogP contribution >= 0.6 is 0 Å². The Kier molecular flexibility index (Phi) is 8.82. The molecule has 3 atom stereocenters. The highest BCUT2D eigenvalue weighted by atomic mass is 16.5. The molecule has 0 N–H and O–H groups in total. The van der Waals surface area contributed by atoms with Crippen LogP contribution in [0.3, 0.4) is 0 Å². The smallest absolute Gasteiger partial charge is 0.163 e. The van der Waals surface area contributed by atoms with Gasteiger partial charge in [0.05, 0.1) is 13.5 Å². The Balaban J connectivity index is 1.91. The second-order valence-electron chi connectivity index (χ2n) is 9.85. The van der Waals surface area contributed by atoms with Crippen LogP contribution in [0.2, 0.25) is 0 Å². The Bertz CT molecular complexity index is 1030. The predicted octanol–water partition coefficient (Wildman–Crippen LogP) is 6.80. The van der Waals surface area contributed by atoms with E-state index in [1.807, 2.05) is 44.2 Å². The number of hydrogen-bond acceptors (Lipinski definition) is 4. The highest BCUT2D eigenvalue weighted by Crippen LogP contribution is 2.40. The first-order valence-corrected chi connectivity index (χ1v) is 12.6. The summed E-state index contributed by atoms with van der Waals surface area (Å²) in [5.41, 5.74) is 5.22. The van der Waals surface area contributed by atoms with E-state index in [0.717, 1.165) is 65.7 Å². The van der Waals surface area contributed by atoms with Crippen molar-refractivity contribution in [3.63, 3.8) is 0 Å². The number of ketones is 3.